The Kier molecular flexibility index (Phi) is 5.00. The molecule has 1 aromatic carbocycles. The molecule has 0 aliphatic carbocycles. The standard InChI is InChI=1S/C18H20N2O2/c1-4-5-8-22-17-7-6-14(9-12(17)2)15-10-13(3)20-18(21)16(15)11-19/h6-7,9-10H,4-5,8H2,1-3H3,(H,20,21). The molecule has 0 fully saturated rings. The molecule has 4 nitrogen and oxygen atoms in total. The van der Waals surface area contributed by atoms with E-state index in [1.54, 1.807) is 6.92 Å². The average Bonchev–Trinajstić information content (AvgIpc) is 2.48. The van der Waals surface area contributed by atoms with Crippen LogP contribution in [-0.2, 0) is 0 Å². The van der Waals surface area contributed by atoms with E-state index in [9.17, 15) is 10.1 Å². The van der Waals surface area contributed by atoms with Gasteiger partial charge in [0, 0.05) is 11.3 Å². The fourth-order valence-electron chi connectivity index (χ4n) is 2.33. The van der Waals surface area contributed by atoms with Crippen LogP contribution in [0.25, 0.3) is 11.1 Å². The number of nitriles is 1. The third-order valence-electron chi connectivity index (χ3n) is 3.52. The number of unbranched alkanes of at least 4 members (excludes halogenated alkanes) is 1. The summed E-state index contributed by atoms with van der Waals surface area (Å²) in [5.74, 6) is 0.845. The number of rotatable bonds is 5. The number of nitrogens with one attached hydrogen (secondary N) is 1. The fourth-order valence-corrected chi connectivity index (χ4v) is 2.33. The molecular formula is C18H20N2O2. The number of hydrogen-bond acceptors (Lipinski definition) is 3. The lowest BCUT2D eigenvalue weighted by atomic mass is 9.99. The second kappa shape index (κ2) is 6.95. The average molecular weight is 296 g/mol. The smallest absolute Gasteiger partial charge is 0.266 e. The Morgan fingerprint density at radius 2 is 2.05 bits per heavy atom. The Hall–Kier alpha value is -2.54. The Morgan fingerprint density at radius 3 is 2.68 bits per heavy atom. The molecule has 22 heavy (non-hydrogen) atoms. The summed E-state index contributed by atoms with van der Waals surface area (Å²) in [4.78, 5) is 14.5. The first-order valence-corrected chi connectivity index (χ1v) is 7.44. The number of nitrogens with zero attached hydrogens (tertiary/aromatic N) is 1. The molecule has 0 saturated carbocycles. The molecule has 0 saturated heterocycles. The second-order valence-electron chi connectivity index (χ2n) is 5.36. The normalized spacial score (nSPS) is 10.3. The van der Waals surface area contributed by atoms with Crippen molar-refractivity contribution in [2.75, 3.05) is 6.61 Å². The van der Waals surface area contributed by atoms with Gasteiger partial charge in [0.15, 0.2) is 0 Å². The predicted octanol–water partition coefficient (Wildman–Crippen LogP) is 3.71. The highest BCUT2D eigenvalue weighted by Gasteiger charge is 2.11. The Morgan fingerprint density at radius 1 is 1.27 bits per heavy atom. The fraction of sp³-hybridized carbons (Fsp3) is 0.333. The number of aromatic nitrogens is 1. The number of hydrogen-bond donors (Lipinski definition) is 1. The van der Waals surface area contributed by atoms with Gasteiger partial charge in [0.25, 0.3) is 5.56 Å². The summed E-state index contributed by atoms with van der Waals surface area (Å²) >= 11 is 0. The number of pyridine rings is 1. The van der Waals surface area contributed by atoms with Gasteiger partial charge in [0.1, 0.15) is 17.4 Å². The summed E-state index contributed by atoms with van der Waals surface area (Å²) in [6.45, 7) is 6.60. The van der Waals surface area contributed by atoms with E-state index < -0.39 is 0 Å². The van der Waals surface area contributed by atoms with Crippen molar-refractivity contribution in [2.45, 2.75) is 33.6 Å². The molecule has 2 rings (SSSR count). The van der Waals surface area contributed by atoms with Crippen LogP contribution in [0.1, 0.15) is 36.6 Å². The highest BCUT2D eigenvalue weighted by Crippen LogP contribution is 2.27. The SMILES string of the molecule is CCCCOc1ccc(-c2cc(C)[nH]c(=O)c2C#N)cc1C. The number of ether oxygens (including phenoxy) is 1. The Labute approximate surface area is 130 Å². The summed E-state index contributed by atoms with van der Waals surface area (Å²) < 4.78 is 5.74. The van der Waals surface area contributed by atoms with Gasteiger partial charge in [-0.05, 0) is 49.6 Å². The van der Waals surface area contributed by atoms with E-state index >= 15 is 0 Å². The van der Waals surface area contributed by atoms with Crippen LogP contribution >= 0.6 is 0 Å². The first-order chi connectivity index (χ1) is 10.6. The largest absolute Gasteiger partial charge is 0.493 e. The van der Waals surface area contributed by atoms with E-state index in [1.807, 2.05) is 37.3 Å². The minimum absolute atomic E-state index is 0.143. The number of aromatic amines is 1. The lowest BCUT2D eigenvalue weighted by Gasteiger charge is -2.11. The van der Waals surface area contributed by atoms with Gasteiger partial charge >= 0.3 is 0 Å². The molecule has 114 valence electrons. The molecule has 0 amide bonds. The highest BCUT2D eigenvalue weighted by molar-refractivity contribution is 5.71. The van der Waals surface area contributed by atoms with E-state index in [2.05, 4.69) is 11.9 Å². The summed E-state index contributed by atoms with van der Waals surface area (Å²) in [7, 11) is 0. The number of benzene rings is 1. The minimum atomic E-state index is -0.349. The molecular weight excluding hydrogens is 276 g/mol. The summed E-state index contributed by atoms with van der Waals surface area (Å²) in [6, 6.07) is 9.56. The molecule has 4 heteroatoms. The monoisotopic (exact) mass is 296 g/mol. The quantitative estimate of drug-likeness (QED) is 0.855. The van der Waals surface area contributed by atoms with Crippen LogP contribution in [0.15, 0.2) is 29.1 Å². The van der Waals surface area contributed by atoms with Crippen molar-refractivity contribution >= 4 is 0 Å². The maximum Gasteiger partial charge on any atom is 0.266 e. The summed E-state index contributed by atoms with van der Waals surface area (Å²) in [6.07, 6.45) is 2.11. The van der Waals surface area contributed by atoms with Crippen molar-refractivity contribution < 1.29 is 4.74 Å². The van der Waals surface area contributed by atoms with Crippen LogP contribution in [0.5, 0.6) is 5.75 Å². The highest BCUT2D eigenvalue weighted by atomic mass is 16.5. The van der Waals surface area contributed by atoms with Crippen LogP contribution in [0.4, 0.5) is 0 Å². The molecule has 0 aliphatic rings. The molecule has 1 N–H and O–H groups in total. The minimum Gasteiger partial charge on any atom is -0.493 e. The van der Waals surface area contributed by atoms with Crippen LogP contribution in [-0.4, -0.2) is 11.6 Å². The third-order valence-corrected chi connectivity index (χ3v) is 3.52. The van der Waals surface area contributed by atoms with Gasteiger partial charge in [-0.2, -0.15) is 5.26 Å². The van der Waals surface area contributed by atoms with E-state index in [1.165, 1.54) is 0 Å². The molecule has 0 atom stereocenters. The molecule has 0 spiro atoms. The predicted molar refractivity (Wildman–Crippen MR) is 87.1 cm³/mol. The zero-order chi connectivity index (χ0) is 16.1. The summed E-state index contributed by atoms with van der Waals surface area (Å²) in [5.41, 5.74) is 3.04. The second-order valence-corrected chi connectivity index (χ2v) is 5.36. The van der Waals surface area contributed by atoms with Gasteiger partial charge in [0.05, 0.1) is 6.61 Å². The van der Waals surface area contributed by atoms with Gasteiger partial charge in [-0.15, -0.1) is 0 Å². The molecule has 1 aromatic heterocycles. The van der Waals surface area contributed by atoms with Crippen LogP contribution in [0.3, 0.4) is 0 Å². The Bertz CT molecular complexity index is 770. The third kappa shape index (κ3) is 3.37. The first kappa shape index (κ1) is 15.8. The van der Waals surface area contributed by atoms with E-state index in [0.717, 1.165) is 35.4 Å². The van der Waals surface area contributed by atoms with Gasteiger partial charge < -0.3 is 9.72 Å². The molecule has 2 aromatic rings. The number of H-pyrrole nitrogens is 1. The molecule has 0 unspecified atom stereocenters. The molecule has 0 aliphatic heterocycles. The van der Waals surface area contributed by atoms with Crippen molar-refractivity contribution in [3.05, 3.63) is 51.4 Å². The lowest BCUT2D eigenvalue weighted by molar-refractivity contribution is 0.307. The maximum absolute atomic E-state index is 11.9. The maximum atomic E-state index is 11.9. The van der Waals surface area contributed by atoms with Crippen molar-refractivity contribution in [1.29, 1.82) is 5.26 Å². The molecule has 0 bridgehead atoms. The molecule has 0 radical (unpaired) electrons. The lowest BCUT2D eigenvalue weighted by Crippen LogP contribution is -2.12. The van der Waals surface area contributed by atoms with Crippen LogP contribution in [0.2, 0.25) is 0 Å². The van der Waals surface area contributed by atoms with Crippen molar-refractivity contribution in [2.24, 2.45) is 0 Å². The zero-order valence-electron chi connectivity index (χ0n) is 13.2. The summed E-state index contributed by atoms with van der Waals surface area (Å²) in [5, 5.41) is 9.22. The van der Waals surface area contributed by atoms with Crippen molar-refractivity contribution in [3.63, 3.8) is 0 Å². The van der Waals surface area contributed by atoms with Crippen molar-refractivity contribution in [1.82, 2.24) is 4.98 Å². The van der Waals surface area contributed by atoms with Crippen LogP contribution in [0, 0.1) is 25.2 Å². The van der Waals surface area contributed by atoms with Gasteiger partial charge in [-0.3, -0.25) is 4.79 Å². The van der Waals surface area contributed by atoms with Gasteiger partial charge in [-0.1, -0.05) is 19.4 Å². The van der Waals surface area contributed by atoms with Gasteiger partial charge in [0.2, 0.25) is 0 Å². The molecule has 1 heterocycles. The topological polar surface area (TPSA) is 65.9 Å². The van der Waals surface area contributed by atoms with Crippen molar-refractivity contribution in [3.8, 4) is 22.9 Å². The van der Waals surface area contributed by atoms with E-state index in [-0.39, 0.29) is 11.1 Å². The number of aryl methyl sites for hydroxylation is 2. The van der Waals surface area contributed by atoms with Crippen LogP contribution < -0.4 is 10.3 Å². The van der Waals surface area contributed by atoms with Gasteiger partial charge in [-0.25, -0.2) is 0 Å². The zero-order valence-corrected chi connectivity index (χ0v) is 13.2. The first-order valence-electron chi connectivity index (χ1n) is 7.44. The van der Waals surface area contributed by atoms with E-state index in [0.29, 0.717) is 12.2 Å². The Balaban J connectivity index is 2.41. The van der Waals surface area contributed by atoms with E-state index in [4.69, 9.17) is 4.74 Å².